The number of hydrogen-bond acceptors (Lipinski definition) is 3. The highest BCUT2D eigenvalue weighted by molar-refractivity contribution is 5.91. The number of hydrogen-bond donors (Lipinski definition) is 0. The van der Waals surface area contributed by atoms with Gasteiger partial charge in [-0.3, -0.25) is 4.79 Å². The van der Waals surface area contributed by atoms with Gasteiger partial charge in [0.1, 0.15) is 0 Å². The predicted octanol–water partition coefficient (Wildman–Crippen LogP) is 5.13. The maximum Gasteiger partial charge on any atom is 0.240 e. The van der Waals surface area contributed by atoms with Crippen molar-refractivity contribution in [1.82, 2.24) is 0 Å². The molecule has 4 aliphatic carbocycles. The van der Waals surface area contributed by atoms with Crippen LogP contribution in [0.2, 0.25) is 0 Å². The second-order valence-electron chi connectivity index (χ2n) is 9.23. The summed E-state index contributed by atoms with van der Waals surface area (Å²) in [5.74, 6) is 2.50. The maximum absolute atomic E-state index is 11.9. The van der Waals surface area contributed by atoms with Crippen LogP contribution >= 0.6 is 0 Å². The van der Waals surface area contributed by atoms with Crippen LogP contribution in [0.4, 0.5) is 0 Å². The highest BCUT2D eigenvalue weighted by Crippen LogP contribution is 2.66. The molecule has 0 unspecified atom stereocenters. The van der Waals surface area contributed by atoms with E-state index in [1.54, 1.807) is 6.08 Å². The lowest BCUT2D eigenvalue weighted by Gasteiger charge is -2.57. The largest absolute Gasteiger partial charge is 0.295 e. The SMILES string of the molecule is C/C(N=C=O)=C1\CC[C@H]2[C@@H]3CCC4=CC(=O)CC[C@]4(C)[C@H]3CC[C@]12C. The molecule has 134 valence electrons. The van der Waals surface area contributed by atoms with Gasteiger partial charge in [0.15, 0.2) is 5.78 Å². The molecule has 0 heterocycles. The van der Waals surface area contributed by atoms with E-state index in [1.807, 2.05) is 13.0 Å². The average Bonchev–Trinajstić information content (AvgIpc) is 2.93. The third-order valence-electron chi connectivity index (χ3n) is 8.40. The molecule has 3 saturated carbocycles. The number of allylic oxidation sites excluding steroid dienone is 3. The molecule has 0 bridgehead atoms. The van der Waals surface area contributed by atoms with Crippen LogP contribution < -0.4 is 0 Å². The van der Waals surface area contributed by atoms with Crippen molar-refractivity contribution in [2.75, 3.05) is 0 Å². The Hall–Kier alpha value is -1.47. The monoisotopic (exact) mass is 339 g/mol. The fraction of sp³-hybridized carbons (Fsp3) is 0.727. The van der Waals surface area contributed by atoms with Gasteiger partial charge < -0.3 is 0 Å². The summed E-state index contributed by atoms with van der Waals surface area (Å²) in [6.45, 7) is 6.83. The van der Waals surface area contributed by atoms with Gasteiger partial charge in [-0.1, -0.05) is 19.4 Å². The van der Waals surface area contributed by atoms with Gasteiger partial charge in [0.2, 0.25) is 6.08 Å². The summed E-state index contributed by atoms with van der Waals surface area (Å²) in [4.78, 5) is 26.6. The van der Waals surface area contributed by atoms with E-state index < -0.39 is 0 Å². The molecule has 0 aromatic carbocycles. The zero-order valence-corrected chi connectivity index (χ0v) is 15.7. The fourth-order valence-electron chi connectivity index (χ4n) is 7.10. The van der Waals surface area contributed by atoms with Crippen molar-refractivity contribution in [2.45, 2.75) is 72.1 Å². The van der Waals surface area contributed by atoms with E-state index in [4.69, 9.17) is 0 Å². The maximum atomic E-state index is 11.9. The van der Waals surface area contributed by atoms with Crippen molar-refractivity contribution < 1.29 is 9.59 Å². The first-order chi connectivity index (χ1) is 11.9. The molecular formula is C22H29NO2. The van der Waals surface area contributed by atoms with Crippen LogP contribution in [0.1, 0.15) is 72.1 Å². The topological polar surface area (TPSA) is 46.5 Å². The Bertz CT molecular complexity index is 726. The van der Waals surface area contributed by atoms with Crippen LogP contribution in [0.25, 0.3) is 0 Å². The molecule has 0 aliphatic heterocycles. The second-order valence-corrected chi connectivity index (χ2v) is 9.23. The Morgan fingerprint density at radius 3 is 2.60 bits per heavy atom. The quantitative estimate of drug-likeness (QED) is 0.491. The number of nitrogens with zero attached hydrogens (tertiary/aromatic N) is 1. The number of carbonyl (C=O) groups excluding carboxylic acids is 2. The lowest BCUT2D eigenvalue weighted by Crippen LogP contribution is -2.49. The molecule has 0 spiro atoms. The summed E-state index contributed by atoms with van der Waals surface area (Å²) in [6, 6.07) is 0. The number of rotatable bonds is 1. The van der Waals surface area contributed by atoms with Crippen LogP contribution in [0, 0.1) is 28.6 Å². The molecule has 0 N–H and O–H groups in total. The first-order valence-electron chi connectivity index (χ1n) is 9.92. The number of aliphatic imine (C=N–C) groups is 1. The zero-order chi connectivity index (χ0) is 17.8. The molecule has 25 heavy (non-hydrogen) atoms. The third-order valence-corrected chi connectivity index (χ3v) is 8.40. The number of ketones is 1. The lowest BCUT2D eigenvalue weighted by atomic mass is 9.47. The van der Waals surface area contributed by atoms with Gasteiger partial charge >= 0.3 is 0 Å². The molecular weight excluding hydrogens is 310 g/mol. The first kappa shape index (κ1) is 17.0. The molecule has 0 aromatic rings. The summed E-state index contributed by atoms with van der Waals surface area (Å²) in [6.07, 6.45) is 12.6. The minimum atomic E-state index is 0.202. The van der Waals surface area contributed by atoms with Crippen molar-refractivity contribution >= 4 is 11.9 Å². The van der Waals surface area contributed by atoms with Crippen molar-refractivity contribution in [3.63, 3.8) is 0 Å². The predicted molar refractivity (Wildman–Crippen MR) is 97.5 cm³/mol. The van der Waals surface area contributed by atoms with Gasteiger partial charge in [0, 0.05) is 6.42 Å². The molecule has 3 heteroatoms. The normalized spacial score (nSPS) is 44.8. The van der Waals surface area contributed by atoms with Gasteiger partial charge in [-0.15, -0.1) is 0 Å². The minimum absolute atomic E-state index is 0.202. The smallest absolute Gasteiger partial charge is 0.240 e. The summed E-state index contributed by atoms with van der Waals surface area (Å²) in [7, 11) is 0. The molecule has 0 amide bonds. The van der Waals surface area contributed by atoms with Gasteiger partial charge in [-0.05, 0) is 92.1 Å². The number of carbonyl (C=O) groups is 1. The van der Waals surface area contributed by atoms with Crippen LogP contribution in [0.15, 0.2) is 27.9 Å². The van der Waals surface area contributed by atoms with Crippen molar-refractivity contribution in [3.05, 3.63) is 22.9 Å². The number of fused-ring (bicyclic) bond motifs is 5. The Kier molecular flexibility index (Phi) is 3.92. The highest BCUT2D eigenvalue weighted by Gasteiger charge is 2.57. The standard InChI is InChI=1S/C22H29NO2/c1-14(23-13-24)18-6-7-19-17-5-4-15-12-16(25)8-10-21(15,2)20(17)9-11-22(18,19)3/h12,17,19-20H,4-11H2,1-3H3/b18-14-/t17-,19-,20-,21-,22+/m0/s1. The van der Waals surface area contributed by atoms with Crippen molar-refractivity contribution in [2.24, 2.45) is 33.6 Å². The van der Waals surface area contributed by atoms with Gasteiger partial charge in [0.25, 0.3) is 0 Å². The van der Waals surface area contributed by atoms with E-state index in [0.717, 1.165) is 37.3 Å². The number of isocyanates is 1. The van der Waals surface area contributed by atoms with Crippen LogP contribution in [-0.2, 0) is 9.59 Å². The Morgan fingerprint density at radius 1 is 1.08 bits per heavy atom. The van der Waals surface area contributed by atoms with Gasteiger partial charge in [-0.2, -0.15) is 4.99 Å². The Balaban J connectivity index is 1.69. The fourth-order valence-corrected chi connectivity index (χ4v) is 7.10. The first-order valence-corrected chi connectivity index (χ1v) is 9.92. The van der Waals surface area contributed by atoms with E-state index >= 15 is 0 Å². The molecule has 0 radical (unpaired) electrons. The molecule has 3 fully saturated rings. The second kappa shape index (κ2) is 5.77. The van der Waals surface area contributed by atoms with E-state index in [0.29, 0.717) is 17.6 Å². The molecule has 3 nitrogen and oxygen atoms in total. The van der Waals surface area contributed by atoms with E-state index in [-0.39, 0.29) is 10.8 Å². The summed E-state index contributed by atoms with van der Waals surface area (Å²) in [5, 5.41) is 0. The van der Waals surface area contributed by atoms with Crippen molar-refractivity contribution in [1.29, 1.82) is 0 Å². The molecule has 0 saturated heterocycles. The highest BCUT2D eigenvalue weighted by atomic mass is 16.1. The molecule has 5 atom stereocenters. The van der Waals surface area contributed by atoms with Crippen LogP contribution in [0.3, 0.4) is 0 Å². The van der Waals surface area contributed by atoms with Crippen LogP contribution in [-0.4, -0.2) is 11.9 Å². The summed E-state index contributed by atoms with van der Waals surface area (Å²) in [5.41, 5.74) is 4.19. The van der Waals surface area contributed by atoms with Crippen LogP contribution in [0.5, 0.6) is 0 Å². The van der Waals surface area contributed by atoms with Gasteiger partial charge in [0.05, 0.1) is 5.70 Å². The Morgan fingerprint density at radius 2 is 1.84 bits per heavy atom. The van der Waals surface area contributed by atoms with Crippen molar-refractivity contribution in [3.8, 4) is 0 Å². The average molecular weight is 339 g/mol. The van der Waals surface area contributed by atoms with E-state index in [1.165, 1.54) is 36.8 Å². The minimum Gasteiger partial charge on any atom is -0.295 e. The zero-order valence-electron chi connectivity index (χ0n) is 15.7. The molecule has 4 aliphatic rings. The summed E-state index contributed by atoms with van der Waals surface area (Å²) < 4.78 is 0. The van der Waals surface area contributed by atoms with E-state index in [9.17, 15) is 9.59 Å². The van der Waals surface area contributed by atoms with Gasteiger partial charge in [-0.25, -0.2) is 4.79 Å². The third kappa shape index (κ3) is 2.35. The summed E-state index contributed by atoms with van der Waals surface area (Å²) >= 11 is 0. The lowest BCUT2D eigenvalue weighted by molar-refractivity contribution is -0.117. The Labute approximate surface area is 150 Å². The molecule has 4 rings (SSSR count). The molecule has 0 aromatic heterocycles. The van der Waals surface area contributed by atoms with E-state index in [2.05, 4.69) is 18.8 Å².